The molecular weight excluding hydrogens is 606 g/mol. The van der Waals surface area contributed by atoms with Crippen molar-refractivity contribution in [3.05, 3.63) is 58.2 Å². The van der Waals surface area contributed by atoms with Crippen molar-refractivity contribution in [2.24, 2.45) is 0 Å². The van der Waals surface area contributed by atoms with Crippen LogP contribution in [0.25, 0.3) is 0 Å². The number of hydrogen-bond donors (Lipinski definition) is 2. The third-order valence-corrected chi connectivity index (χ3v) is 8.96. The van der Waals surface area contributed by atoms with Crippen LogP contribution in [0, 0.1) is 11.6 Å². The molecule has 0 unspecified atom stereocenters. The molecule has 0 radical (unpaired) electrons. The summed E-state index contributed by atoms with van der Waals surface area (Å²) in [7, 11) is -0.621. The van der Waals surface area contributed by atoms with Gasteiger partial charge in [0.05, 0.1) is 37.6 Å². The van der Waals surface area contributed by atoms with Gasteiger partial charge < -0.3 is 34.1 Å². The number of alkyl halides is 3. The Kier molecular flexibility index (Phi) is 8.94. The molecule has 2 fully saturated rings. The molecule has 5 rings (SSSR count). The first-order chi connectivity index (χ1) is 21.0. The highest BCUT2D eigenvalue weighted by Gasteiger charge is 2.52. The van der Waals surface area contributed by atoms with Gasteiger partial charge in [0.15, 0.2) is 0 Å². The SMILES string of the molecule is CC1(C)OB(c2ccc(CC[C@H](NC(=O)c3c(F)cc(N4CCOC[C@@H]4C(F)(F)F)cc3F)C(=O)O)c3c2COC3)OC1(C)C. The van der Waals surface area contributed by atoms with E-state index in [2.05, 4.69) is 5.32 Å². The minimum Gasteiger partial charge on any atom is -0.480 e. The number of carbonyl (C=O) groups is 2. The van der Waals surface area contributed by atoms with Crippen LogP contribution in [0.2, 0.25) is 0 Å². The van der Waals surface area contributed by atoms with Gasteiger partial charge in [-0.2, -0.15) is 13.2 Å². The number of anilines is 1. The summed E-state index contributed by atoms with van der Waals surface area (Å²) >= 11 is 0. The van der Waals surface area contributed by atoms with Crippen LogP contribution in [0.1, 0.15) is 61.2 Å². The van der Waals surface area contributed by atoms with Crippen molar-refractivity contribution in [3.8, 4) is 0 Å². The van der Waals surface area contributed by atoms with Gasteiger partial charge in [-0.05, 0) is 74.8 Å². The summed E-state index contributed by atoms with van der Waals surface area (Å²) in [4.78, 5) is 25.7. The molecule has 0 bridgehead atoms. The Balaban J connectivity index is 1.30. The van der Waals surface area contributed by atoms with Crippen LogP contribution in [0.5, 0.6) is 0 Å². The van der Waals surface area contributed by atoms with Crippen LogP contribution in [-0.2, 0) is 43.2 Å². The van der Waals surface area contributed by atoms with E-state index in [0.717, 1.165) is 27.1 Å². The average molecular weight is 640 g/mol. The number of carbonyl (C=O) groups excluding carboxylic acids is 1. The minimum absolute atomic E-state index is 0.0884. The van der Waals surface area contributed by atoms with E-state index in [-0.39, 0.29) is 32.6 Å². The maximum atomic E-state index is 15.0. The predicted molar refractivity (Wildman–Crippen MR) is 152 cm³/mol. The van der Waals surface area contributed by atoms with Crippen LogP contribution < -0.4 is 15.7 Å². The van der Waals surface area contributed by atoms with Crippen molar-refractivity contribution < 1.29 is 55.4 Å². The minimum atomic E-state index is -4.73. The molecule has 3 aliphatic rings. The predicted octanol–water partition coefficient (Wildman–Crippen LogP) is 3.88. The first-order valence-corrected chi connectivity index (χ1v) is 14.5. The number of nitrogens with one attached hydrogen (secondary N) is 1. The van der Waals surface area contributed by atoms with E-state index in [9.17, 15) is 27.9 Å². The quantitative estimate of drug-likeness (QED) is 0.331. The molecule has 3 heterocycles. The Labute approximate surface area is 257 Å². The number of rotatable bonds is 8. The second-order valence-electron chi connectivity index (χ2n) is 12.4. The monoisotopic (exact) mass is 640 g/mol. The molecule has 45 heavy (non-hydrogen) atoms. The molecular formula is C30H34BF5N2O7. The third-order valence-electron chi connectivity index (χ3n) is 8.96. The number of aliphatic carboxylic acids is 1. The van der Waals surface area contributed by atoms with Gasteiger partial charge in [-0.3, -0.25) is 4.79 Å². The summed E-state index contributed by atoms with van der Waals surface area (Å²) in [5.74, 6) is -5.62. The maximum absolute atomic E-state index is 15.0. The van der Waals surface area contributed by atoms with E-state index in [0.29, 0.717) is 18.7 Å². The zero-order valence-corrected chi connectivity index (χ0v) is 25.2. The molecule has 244 valence electrons. The number of morpholine rings is 1. The largest absolute Gasteiger partial charge is 0.495 e. The molecule has 0 spiro atoms. The summed E-state index contributed by atoms with van der Waals surface area (Å²) in [6.45, 7) is 7.28. The van der Waals surface area contributed by atoms with E-state index in [1.807, 2.05) is 39.8 Å². The number of benzene rings is 2. The molecule has 2 N–H and O–H groups in total. The van der Waals surface area contributed by atoms with Crippen molar-refractivity contribution in [1.29, 1.82) is 0 Å². The lowest BCUT2D eigenvalue weighted by Crippen LogP contribution is -2.53. The van der Waals surface area contributed by atoms with Crippen LogP contribution in [-0.4, -0.2) is 73.3 Å². The molecule has 2 aromatic rings. The fourth-order valence-electron chi connectivity index (χ4n) is 5.70. The van der Waals surface area contributed by atoms with Crippen molar-refractivity contribution in [2.45, 2.75) is 83.2 Å². The van der Waals surface area contributed by atoms with E-state index in [4.69, 9.17) is 18.8 Å². The fourth-order valence-corrected chi connectivity index (χ4v) is 5.70. The molecule has 15 heteroatoms. The van der Waals surface area contributed by atoms with Crippen molar-refractivity contribution in [1.82, 2.24) is 5.32 Å². The van der Waals surface area contributed by atoms with Gasteiger partial charge in [0, 0.05) is 12.2 Å². The van der Waals surface area contributed by atoms with Gasteiger partial charge in [0.1, 0.15) is 29.3 Å². The normalized spacial score (nSPS) is 21.5. The summed E-state index contributed by atoms with van der Waals surface area (Å²) in [6, 6.07) is 1.26. The highest BCUT2D eigenvalue weighted by molar-refractivity contribution is 6.62. The Hall–Kier alpha value is -3.27. The number of halogens is 5. The summed E-state index contributed by atoms with van der Waals surface area (Å²) < 4.78 is 93.4. The smallest absolute Gasteiger partial charge is 0.480 e. The number of aryl methyl sites for hydroxylation is 1. The van der Waals surface area contributed by atoms with Crippen molar-refractivity contribution >= 4 is 30.1 Å². The van der Waals surface area contributed by atoms with Crippen molar-refractivity contribution in [3.63, 3.8) is 0 Å². The number of carboxylic acids is 1. The highest BCUT2D eigenvalue weighted by Crippen LogP contribution is 2.38. The molecule has 0 aliphatic carbocycles. The Morgan fingerprint density at radius 3 is 2.27 bits per heavy atom. The van der Waals surface area contributed by atoms with Gasteiger partial charge in [-0.1, -0.05) is 12.1 Å². The Morgan fingerprint density at radius 2 is 1.67 bits per heavy atom. The van der Waals surface area contributed by atoms with Crippen LogP contribution in [0.3, 0.4) is 0 Å². The molecule has 1 amide bonds. The fraction of sp³-hybridized carbons (Fsp3) is 0.533. The Bertz CT molecular complexity index is 1450. The second-order valence-corrected chi connectivity index (χ2v) is 12.4. The lowest BCUT2D eigenvalue weighted by Gasteiger charge is -2.38. The molecule has 3 aliphatic heterocycles. The molecule has 2 aromatic carbocycles. The van der Waals surface area contributed by atoms with Gasteiger partial charge in [-0.15, -0.1) is 0 Å². The van der Waals surface area contributed by atoms with Gasteiger partial charge in [-0.25, -0.2) is 13.6 Å². The third kappa shape index (κ3) is 6.53. The van der Waals surface area contributed by atoms with Crippen LogP contribution in [0.15, 0.2) is 24.3 Å². The number of hydrogen-bond acceptors (Lipinski definition) is 7. The summed E-state index contributed by atoms with van der Waals surface area (Å²) in [6.07, 6.45) is -4.66. The van der Waals surface area contributed by atoms with Crippen LogP contribution >= 0.6 is 0 Å². The van der Waals surface area contributed by atoms with E-state index in [1.165, 1.54) is 0 Å². The number of fused-ring (bicyclic) bond motifs is 1. The lowest BCUT2D eigenvalue weighted by atomic mass is 9.74. The van der Waals surface area contributed by atoms with Gasteiger partial charge in [0.25, 0.3) is 5.91 Å². The zero-order chi connectivity index (χ0) is 32.9. The topological polar surface area (TPSA) is 107 Å². The van der Waals surface area contributed by atoms with E-state index in [1.54, 1.807) is 0 Å². The summed E-state index contributed by atoms with van der Waals surface area (Å²) in [5.41, 5.74) is 0.691. The number of ether oxygens (including phenoxy) is 2. The molecule has 9 nitrogen and oxygen atoms in total. The maximum Gasteiger partial charge on any atom is 0.495 e. The van der Waals surface area contributed by atoms with E-state index < -0.39 is 77.9 Å². The number of nitrogens with zero attached hydrogens (tertiary/aromatic N) is 1. The average Bonchev–Trinajstić information content (AvgIpc) is 3.51. The number of amides is 1. The standard InChI is InChI=1S/C30H34BF5N2O7/c1-28(2)29(3,4)45-31(44-28)20-7-5-16(18-13-43-14-19(18)20)6-8-23(27(40)41)37-26(39)25-21(32)11-17(12-22(25)33)38-9-10-42-15-24(38)30(34,35)36/h5,7,11-12,23-24H,6,8-10,13-15H2,1-4H3,(H,37,39)(H,40,41)/t23-,24+/m0/s1. The van der Waals surface area contributed by atoms with Crippen LogP contribution in [0.4, 0.5) is 27.6 Å². The lowest BCUT2D eigenvalue weighted by molar-refractivity contribution is -0.167. The van der Waals surface area contributed by atoms with Gasteiger partial charge >= 0.3 is 19.3 Å². The molecule has 2 atom stereocenters. The summed E-state index contributed by atoms with van der Waals surface area (Å²) in [5, 5.41) is 12.0. The highest BCUT2D eigenvalue weighted by atomic mass is 19.4. The molecule has 2 saturated heterocycles. The zero-order valence-electron chi connectivity index (χ0n) is 25.2. The van der Waals surface area contributed by atoms with Crippen molar-refractivity contribution in [2.75, 3.05) is 24.7 Å². The molecule has 0 aromatic heterocycles. The molecule has 0 saturated carbocycles. The van der Waals surface area contributed by atoms with E-state index >= 15 is 8.78 Å². The first kappa shape index (κ1) is 33.1. The van der Waals surface area contributed by atoms with Gasteiger partial charge in [0.2, 0.25) is 0 Å². The second kappa shape index (κ2) is 12.2. The first-order valence-electron chi connectivity index (χ1n) is 14.5. The Morgan fingerprint density at radius 1 is 1.04 bits per heavy atom. The number of carboxylic acid groups (broad SMARTS) is 1.